The molecule has 0 saturated heterocycles. The molecule has 6 nitrogen and oxygen atoms in total. The maximum atomic E-state index is 12.4. The molecular formula is C26H32N2O4. The molecule has 3 aromatic rings. The number of aryl methyl sites for hydroxylation is 1. The first-order valence-electron chi connectivity index (χ1n) is 10.7. The number of carbonyl (C=O) groups is 1. The molecule has 1 N–H and O–H groups in total. The number of ether oxygens (including phenoxy) is 2. The molecule has 0 radical (unpaired) electrons. The van der Waals surface area contributed by atoms with Crippen molar-refractivity contribution in [1.29, 1.82) is 0 Å². The van der Waals surface area contributed by atoms with Crippen molar-refractivity contribution in [3.63, 3.8) is 0 Å². The van der Waals surface area contributed by atoms with Gasteiger partial charge in [0.15, 0.2) is 0 Å². The molecule has 0 aliphatic heterocycles. The highest BCUT2D eigenvalue weighted by Gasteiger charge is 2.18. The van der Waals surface area contributed by atoms with Crippen LogP contribution in [0.25, 0.3) is 27.7 Å². The number of methoxy groups -OCH3 is 2. The van der Waals surface area contributed by atoms with Crippen LogP contribution < -0.4 is 14.8 Å². The summed E-state index contributed by atoms with van der Waals surface area (Å²) in [5, 5.41) is 3.93. The van der Waals surface area contributed by atoms with Crippen molar-refractivity contribution in [2.75, 3.05) is 41.4 Å². The standard InChI is InChI=1S/C26H32N2O4/c1-17(14-24(29)27-12-7-13-28(3)4)21-15-22-23(19-8-10-20(30-5)11-9-19)16-32-26(22)18(2)25(21)31-6/h8-11,14-16H,7,12-13H2,1-6H3,(H,27,29)/b17-14+. The number of nitrogens with one attached hydrogen (secondary N) is 1. The van der Waals surface area contributed by atoms with Crippen LogP contribution in [0, 0.1) is 6.92 Å². The quantitative estimate of drug-likeness (QED) is 0.382. The molecule has 0 unspecified atom stereocenters. The molecular weight excluding hydrogens is 404 g/mol. The van der Waals surface area contributed by atoms with Crippen LogP contribution in [0.1, 0.15) is 24.5 Å². The molecule has 0 saturated carbocycles. The Morgan fingerprint density at radius 2 is 1.88 bits per heavy atom. The first-order chi connectivity index (χ1) is 15.3. The highest BCUT2D eigenvalue weighted by atomic mass is 16.5. The number of nitrogens with zero attached hydrogens (tertiary/aromatic N) is 1. The Bertz CT molecular complexity index is 1110. The van der Waals surface area contributed by atoms with Gasteiger partial charge in [0.25, 0.3) is 0 Å². The maximum Gasteiger partial charge on any atom is 0.244 e. The van der Waals surface area contributed by atoms with E-state index in [0.717, 1.165) is 57.5 Å². The van der Waals surface area contributed by atoms with Crippen molar-refractivity contribution >= 4 is 22.4 Å². The predicted molar refractivity (Wildman–Crippen MR) is 129 cm³/mol. The second-order valence-electron chi connectivity index (χ2n) is 8.11. The van der Waals surface area contributed by atoms with Gasteiger partial charge in [-0.2, -0.15) is 0 Å². The van der Waals surface area contributed by atoms with E-state index in [0.29, 0.717) is 12.3 Å². The van der Waals surface area contributed by atoms with Crippen molar-refractivity contribution in [3.05, 3.63) is 53.8 Å². The average molecular weight is 437 g/mol. The number of hydrogen-bond acceptors (Lipinski definition) is 5. The fourth-order valence-electron chi connectivity index (χ4n) is 3.80. The van der Waals surface area contributed by atoms with E-state index < -0.39 is 0 Å². The maximum absolute atomic E-state index is 12.4. The first-order valence-corrected chi connectivity index (χ1v) is 10.7. The van der Waals surface area contributed by atoms with Crippen molar-refractivity contribution < 1.29 is 18.7 Å². The molecule has 2 aromatic carbocycles. The van der Waals surface area contributed by atoms with Gasteiger partial charge in [0.1, 0.15) is 17.1 Å². The van der Waals surface area contributed by atoms with Crippen LogP contribution in [0.3, 0.4) is 0 Å². The van der Waals surface area contributed by atoms with Crippen LogP contribution in [0.2, 0.25) is 0 Å². The van der Waals surface area contributed by atoms with Crippen molar-refractivity contribution in [3.8, 4) is 22.6 Å². The van der Waals surface area contributed by atoms with Crippen molar-refractivity contribution in [2.24, 2.45) is 0 Å². The van der Waals surface area contributed by atoms with Crippen molar-refractivity contribution in [1.82, 2.24) is 10.2 Å². The first kappa shape index (κ1) is 23.4. The lowest BCUT2D eigenvalue weighted by Gasteiger charge is -2.13. The van der Waals surface area contributed by atoms with Gasteiger partial charge in [-0.15, -0.1) is 0 Å². The molecule has 0 fully saturated rings. The van der Waals surface area contributed by atoms with Crippen LogP contribution in [-0.4, -0.2) is 52.2 Å². The van der Waals surface area contributed by atoms with Gasteiger partial charge in [-0.3, -0.25) is 4.79 Å². The summed E-state index contributed by atoms with van der Waals surface area (Å²) in [6, 6.07) is 9.91. The molecule has 0 aliphatic rings. The summed E-state index contributed by atoms with van der Waals surface area (Å²) in [6.45, 7) is 5.47. The van der Waals surface area contributed by atoms with Crippen molar-refractivity contribution in [2.45, 2.75) is 20.3 Å². The zero-order valence-corrected chi connectivity index (χ0v) is 19.7. The SMILES string of the molecule is COc1ccc(-c2coc3c(C)c(OC)c(/C(C)=C/C(=O)NCCCN(C)C)cc23)cc1. The summed E-state index contributed by atoms with van der Waals surface area (Å²) in [6.07, 6.45) is 4.30. The van der Waals surface area contributed by atoms with Gasteiger partial charge in [-0.1, -0.05) is 12.1 Å². The lowest BCUT2D eigenvalue weighted by atomic mass is 9.96. The van der Waals surface area contributed by atoms with Gasteiger partial charge in [-0.25, -0.2) is 0 Å². The molecule has 3 rings (SSSR count). The molecule has 6 heteroatoms. The third-order valence-electron chi connectivity index (χ3n) is 5.50. The molecule has 0 bridgehead atoms. The zero-order chi connectivity index (χ0) is 23.3. The fourth-order valence-corrected chi connectivity index (χ4v) is 3.80. The van der Waals surface area contributed by atoms with E-state index in [1.807, 2.05) is 58.3 Å². The number of amides is 1. The van der Waals surface area contributed by atoms with Gasteiger partial charge in [0.2, 0.25) is 5.91 Å². The van der Waals surface area contributed by atoms with E-state index in [1.54, 1.807) is 26.6 Å². The van der Waals surface area contributed by atoms with Crippen LogP contribution in [-0.2, 0) is 4.79 Å². The molecule has 32 heavy (non-hydrogen) atoms. The highest BCUT2D eigenvalue weighted by molar-refractivity contribution is 6.01. The number of carbonyl (C=O) groups excluding carboxylic acids is 1. The largest absolute Gasteiger partial charge is 0.497 e. The number of rotatable bonds is 9. The Morgan fingerprint density at radius 1 is 1.16 bits per heavy atom. The summed E-state index contributed by atoms with van der Waals surface area (Å²) in [4.78, 5) is 14.5. The summed E-state index contributed by atoms with van der Waals surface area (Å²) >= 11 is 0. The van der Waals surface area contributed by atoms with Crippen LogP contribution in [0.4, 0.5) is 0 Å². The smallest absolute Gasteiger partial charge is 0.244 e. The minimum Gasteiger partial charge on any atom is -0.497 e. The Labute approximate surface area is 189 Å². The van der Waals surface area contributed by atoms with E-state index in [4.69, 9.17) is 13.9 Å². The van der Waals surface area contributed by atoms with Gasteiger partial charge in [0, 0.05) is 34.7 Å². The van der Waals surface area contributed by atoms with Crippen LogP contribution in [0.15, 0.2) is 47.1 Å². The Hall–Kier alpha value is -3.25. The Morgan fingerprint density at radius 3 is 2.50 bits per heavy atom. The topological polar surface area (TPSA) is 63.9 Å². The van der Waals surface area contributed by atoms with E-state index in [9.17, 15) is 4.79 Å². The number of furan rings is 1. The monoisotopic (exact) mass is 436 g/mol. The molecule has 170 valence electrons. The summed E-state index contributed by atoms with van der Waals surface area (Å²) in [5.41, 5.74) is 5.39. The number of allylic oxidation sites excluding steroid dienone is 1. The predicted octanol–water partition coefficient (Wildman–Crippen LogP) is 4.90. The average Bonchev–Trinajstić information content (AvgIpc) is 3.21. The second-order valence-corrected chi connectivity index (χ2v) is 8.11. The lowest BCUT2D eigenvalue weighted by Crippen LogP contribution is -2.25. The van der Waals surface area contributed by atoms with E-state index in [2.05, 4.69) is 10.2 Å². The van der Waals surface area contributed by atoms with Gasteiger partial charge >= 0.3 is 0 Å². The molecule has 0 spiro atoms. The van der Waals surface area contributed by atoms with Gasteiger partial charge < -0.3 is 24.1 Å². The van der Waals surface area contributed by atoms with E-state index in [1.165, 1.54) is 0 Å². The van der Waals surface area contributed by atoms with Crippen LogP contribution >= 0.6 is 0 Å². The van der Waals surface area contributed by atoms with E-state index in [-0.39, 0.29) is 5.91 Å². The number of fused-ring (bicyclic) bond motifs is 1. The third-order valence-corrected chi connectivity index (χ3v) is 5.50. The lowest BCUT2D eigenvalue weighted by molar-refractivity contribution is -0.116. The number of hydrogen-bond donors (Lipinski definition) is 1. The Balaban J connectivity index is 1.95. The van der Waals surface area contributed by atoms with Gasteiger partial charge in [0.05, 0.1) is 20.5 Å². The fraction of sp³-hybridized carbons (Fsp3) is 0.346. The summed E-state index contributed by atoms with van der Waals surface area (Å²) in [7, 11) is 7.33. The number of benzene rings is 2. The molecule has 0 atom stereocenters. The minimum absolute atomic E-state index is 0.108. The third kappa shape index (κ3) is 5.14. The Kier molecular flexibility index (Phi) is 7.59. The second kappa shape index (κ2) is 10.4. The van der Waals surface area contributed by atoms with E-state index >= 15 is 0 Å². The molecule has 1 amide bonds. The minimum atomic E-state index is -0.108. The molecule has 0 aliphatic carbocycles. The summed E-state index contributed by atoms with van der Waals surface area (Å²) in [5.74, 6) is 1.40. The highest BCUT2D eigenvalue weighted by Crippen LogP contribution is 2.40. The van der Waals surface area contributed by atoms with Gasteiger partial charge in [-0.05, 0) is 70.2 Å². The zero-order valence-electron chi connectivity index (χ0n) is 19.7. The summed E-state index contributed by atoms with van der Waals surface area (Å²) < 4.78 is 16.9. The van der Waals surface area contributed by atoms with Crippen LogP contribution in [0.5, 0.6) is 11.5 Å². The normalized spacial score (nSPS) is 11.8. The molecule has 1 heterocycles. The molecule has 1 aromatic heterocycles.